The molecule has 1 aromatic rings. The van der Waals surface area contributed by atoms with E-state index in [0.29, 0.717) is 0 Å². The second-order valence-electron chi connectivity index (χ2n) is 2.70. The van der Waals surface area contributed by atoms with Gasteiger partial charge in [-0.1, -0.05) is 0 Å². The molecule has 0 fully saturated rings. The predicted molar refractivity (Wildman–Crippen MR) is 49.2 cm³/mol. The lowest BCUT2D eigenvalue weighted by atomic mass is 10.3. The lowest BCUT2D eigenvalue weighted by molar-refractivity contribution is -0.132. The van der Waals surface area contributed by atoms with E-state index in [-0.39, 0.29) is 11.5 Å². The normalized spacial score (nSPS) is 11.1. The molecular weight excluding hydrogens is 224 g/mol. The van der Waals surface area contributed by atoms with Crippen LogP contribution in [0, 0.1) is 0 Å². The first-order valence-electron chi connectivity index (χ1n) is 3.79. The summed E-state index contributed by atoms with van der Waals surface area (Å²) >= 11 is 0. The van der Waals surface area contributed by atoms with Crippen LogP contribution in [0.4, 0.5) is 0 Å². The number of carbonyl (C=O) groups excluding carboxylic acids is 1. The Labute approximate surface area is 85.9 Å². The van der Waals surface area contributed by atoms with Gasteiger partial charge in [-0.2, -0.15) is 8.42 Å². The quantitative estimate of drug-likeness (QED) is 0.439. The molecule has 0 amide bonds. The van der Waals surface area contributed by atoms with Crippen molar-refractivity contribution in [3.8, 4) is 11.5 Å². The highest BCUT2D eigenvalue weighted by Crippen LogP contribution is 2.27. The number of esters is 1. The Bertz CT molecular complexity index is 490. The minimum Gasteiger partial charge on any atom is -0.508 e. The molecule has 0 spiro atoms. The molecule has 2 N–H and O–H groups in total. The van der Waals surface area contributed by atoms with Gasteiger partial charge in [0.25, 0.3) is 10.1 Å². The maximum Gasteiger partial charge on any atom is 0.308 e. The summed E-state index contributed by atoms with van der Waals surface area (Å²) in [5, 5.41) is 9.02. The molecule has 0 heterocycles. The van der Waals surface area contributed by atoms with Crippen molar-refractivity contribution < 1.29 is 27.6 Å². The second-order valence-corrected chi connectivity index (χ2v) is 4.09. The molecule has 0 radical (unpaired) electrons. The summed E-state index contributed by atoms with van der Waals surface area (Å²) in [4.78, 5) is 9.96. The minimum absolute atomic E-state index is 0.331. The van der Waals surface area contributed by atoms with Crippen LogP contribution < -0.4 is 4.74 Å². The van der Waals surface area contributed by atoms with Gasteiger partial charge in [0.2, 0.25) is 0 Å². The van der Waals surface area contributed by atoms with Crippen molar-refractivity contribution in [2.24, 2.45) is 0 Å². The van der Waals surface area contributed by atoms with Crippen LogP contribution in [0.5, 0.6) is 11.5 Å². The van der Waals surface area contributed by atoms with Gasteiger partial charge in [0.15, 0.2) is 5.75 Å². The monoisotopic (exact) mass is 232 g/mol. The zero-order valence-electron chi connectivity index (χ0n) is 7.67. The van der Waals surface area contributed by atoms with Crippen LogP contribution in [0.3, 0.4) is 0 Å². The summed E-state index contributed by atoms with van der Waals surface area (Å²) in [6, 6.07) is 2.99. The van der Waals surface area contributed by atoms with Gasteiger partial charge in [0.05, 0.1) is 0 Å². The first-order valence-corrected chi connectivity index (χ1v) is 5.23. The van der Waals surface area contributed by atoms with Crippen LogP contribution in [0.1, 0.15) is 6.92 Å². The average molecular weight is 232 g/mol. The van der Waals surface area contributed by atoms with E-state index in [1.807, 2.05) is 0 Å². The second kappa shape index (κ2) is 3.87. The first kappa shape index (κ1) is 11.5. The van der Waals surface area contributed by atoms with E-state index in [4.69, 9.17) is 9.66 Å². The molecule has 0 aliphatic rings. The van der Waals surface area contributed by atoms with Crippen molar-refractivity contribution in [2.75, 3.05) is 0 Å². The van der Waals surface area contributed by atoms with E-state index in [2.05, 4.69) is 4.74 Å². The SMILES string of the molecule is CC(=O)Oc1ccc(O)cc1S(=O)(=O)O. The fourth-order valence-electron chi connectivity index (χ4n) is 0.938. The van der Waals surface area contributed by atoms with E-state index < -0.39 is 21.0 Å². The van der Waals surface area contributed by atoms with Crippen LogP contribution in [0.2, 0.25) is 0 Å². The van der Waals surface area contributed by atoms with Crippen molar-refractivity contribution >= 4 is 16.1 Å². The van der Waals surface area contributed by atoms with Gasteiger partial charge >= 0.3 is 5.97 Å². The van der Waals surface area contributed by atoms with E-state index in [1.165, 1.54) is 0 Å². The van der Waals surface area contributed by atoms with E-state index in [9.17, 15) is 13.2 Å². The Morgan fingerprint density at radius 3 is 2.47 bits per heavy atom. The number of hydrogen-bond acceptors (Lipinski definition) is 5. The third-order valence-corrected chi connectivity index (χ3v) is 2.33. The number of carbonyl (C=O) groups is 1. The van der Waals surface area contributed by atoms with Crippen LogP contribution in [0.25, 0.3) is 0 Å². The zero-order chi connectivity index (χ0) is 11.6. The molecular formula is C8H8O6S. The summed E-state index contributed by atoms with van der Waals surface area (Å²) in [6.45, 7) is 1.08. The Kier molecular flexibility index (Phi) is 2.96. The number of phenolic OH excluding ortho intramolecular Hbond substituents is 1. The number of phenols is 1. The molecule has 0 aliphatic heterocycles. The van der Waals surface area contributed by atoms with Gasteiger partial charge in [-0.15, -0.1) is 0 Å². The van der Waals surface area contributed by atoms with Crippen LogP contribution in [-0.2, 0) is 14.9 Å². The lowest BCUT2D eigenvalue weighted by Crippen LogP contribution is -2.07. The molecule has 0 aromatic heterocycles. The number of benzene rings is 1. The van der Waals surface area contributed by atoms with Gasteiger partial charge in [-0.25, -0.2) is 0 Å². The number of aromatic hydroxyl groups is 1. The molecule has 6 nitrogen and oxygen atoms in total. The third kappa shape index (κ3) is 2.93. The van der Waals surface area contributed by atoms with Gasteiger partial charge < -0.3 is 9.84 Å². The Morgan fingerprint density at radius 1 is 1.40 bits per heavy atom. The summed E-state index contributed by atoms with van der Waals surface area (Å²) in [5.41, 5.74) is 0. The minimum atomic E-state index is -4.54. The average Bonchev–Trinajstić information content (AvgIpc) is 2.05. The lowest BCUT2D eigenvalue weighted by Gasteiger charge is -2.06. The molecule has 0 bridgehead atoms. The molecule has 82 valence electrons. The van der Waals surface area contributed by atoms with Crippen molar-refractivity contribution in [1.29, 1.82) is 0 Å². The van der Waals surface area contributed by atoms with E-state index >= 15 is 0 Å². The number of rotatable bonds is 2. The summed E-state index contributed by atoms with van der Waals surface area (Å²) < 4.78 is 35.0. The van der Waals surface area contributed by atoms with Gasteiger partial charge in [0, 0.05) is 13.0 Å². The first-order chi connectivity index (χ1) is 6.80. The van der Waals surface area contributed by atoms with Gasteiger partial charge in [-0.3, -0.25) is 9.35 Å². The Morgan fingerprint density at radius 2 is 2.00 bits per heavy atom. The zero-order valence-corrected chi connectivity index (χ0v) is 8.48. The Hall–Kier alpha value is -1.60. The van der Waals surface area contributed by atoms with Crippen molar-refractivity contribution in [3.63, 3.8) is 0 Å². The summed E-state index contributed by atoms with van der Waals surface area (Å²) in [6.07, 6.45) is 0. The van der Waals surface area contributed by atoms with Crippen molar-refractivity contribution in [1.82, 2.24) is 0 Å². The highest BCUT2D eigenvalue weighted by molar-refractivity contribution is 7.86. The number of ether oxygens (including phenoxy) is 1. The van der Waals surface area contributed by atoms with E-state index in [0.717, 1.165) is 25.1 Å². The molecule has 0 atom stereocenters. The molecule has 0 unspecified atom stereocenters. The van der Waals surface area contributed by atoms with Crippen LogP contribution in [-0.4, -0.2) is 24.0 Å². The third-order valence-electron chi connectivity index (χ3n) is 1.46. The van der Waals surface area contributed by atoms with Crippen molar-refractivity contribution in [2.45, 2.75) is 11.8 Å². The molecule has 1 rings (SSSR count). The van der Waals surface area contributed by atoms with E-state index in [1.54, 1.807) is 0 Å². The molecule has 0 saturated carbocycles. The number of hydrogen-bond donors (Lipinski definition) is 2. The highest BCUT2D eigenvalue weighted by atomic mass is 32.2. The maximum atomic E-state index is 10.8. The molecule has 15 heavy (non-hydrogen) atoms. The molecule has 7 heteroatoms. The highest BCUT2D eigenvalue weighted by Gasteiger charge is 2.18. The summed E-state index contributed by atoms with van der Waals surface area (Å²) in [5.74, 6) is -1.42. The standard InChI is InChI=1S/C8H8O6S/c1-5(9)14-7-3-2-6(10)4-8(7)15(11,12)13/h2-4,10H,1H3,(H,11,12,13). The van der Waals surface area contributed by atoms with Gasteiger partial charge in [0.1, 0.15) is 10.6 Å². The maximum absolute atomic E-state index is 10.8. The Balaban J connectivity index is 3.33. The van der Waals surface area contributed by atoms with Crippen LogP contribution in [0.15, 0.2) is 23.1 Å². The smallest absolute Gasteiger partial charge is 0.308 e. The topological polar surface area (TPSA) is 101 Å². The van der Waals surface area contributed by atoms with Gasteiger partial charge in [-0.05, 0) is 12.1 Å². The fraction of sp³-hybridized carbons (Fsp3) is 0.125. The molecule has 0 aliphatic carbocycles. The fourth-order valence-corrected chi connectivity index (χ4v) is 1.57. The van der Waals surface area contributed by atoms with Crippen molar-refractivity contribution in [3.05, 3.63) is 18.2 Å². The summed E-state index contributed by atoms with van der Waals surface area (Å²) in [7, 11) is -4.54. The molecule has 1 aromatic carbocycles. The largest absolute Gasteiger partial charge is 0.508 e. The van der Waals surface area contributed by atoms with Crippen LogP contribution >= 0.6 is 0 Å². The molecule has 0 saturated heterocycles. The predicted octanol–water partition coefficient (Wildman–Crippen LogP) is 0.564.